The van der Waals surface area contributed by atoms with Crippen LogP contribution in [0.15, 0.2) is 42.7 Å². The molecular weight excluding hydrogens is 356 g/mol. The van der Waals surface area contributed by atoms with Crippen molar-refractivity contribution in [2.75, 3.05) is 11.9 Å². The second kappa shape index (κ2) is 7.20. The van der Waals surface area contributed by atoms with Crippen molar-refractivity contribution in [1.29, 1.82) is 0 Å². The van der Waals surface area contributed by atoms with Crippen LogP contribution >= 0.6 is 11.6 Å². The van der Waals surface area contributed by atoms with Gasteiger partial charge in [0.05, 0.1) is 24.7 Å². The highest BCUT2D eigenvalue weighted by molar-refractivity contribution is 6.30. The Morgan fingerprint density at radius 1 is 1.31 bits per heavy atom. The number of nitrogens with zero attached hydrogens (tertiary/aromatic N) is 3. The van der Waals surface area contributed by atoms with Gasteiger partial charge in [0, 0.05) is 19.0 Å². The van der Waals surface area contributed by atoms with E-state index in [0.717, 1.165) is 11.3 Å². The van der Waals surface area contributed by atoms with E-state index in [1.807, 2.05) is 30.3 Å². The van der Waals surface area contributed by atoms with E-state index in [2.05, 4.69) is 15.3 Å². The zero-order valence-corrected chi connectivity index (χ0v) is 14.7. The highest BCUT2D eigenvalue weighted by Gasteiger charge is 2.35. The van der Waals surface area contributed by atoms with Gasteiger partial charge in [-0.25, -0.2) is 9.97 Å². The molecule has 1 aromatic carbocycles. The third kappa shape index (κ3) is 3.26. The van der Waals surface area contributed by atoms with Gasteiger partial charge in [-0.1, -0.05) is 41.9 Å². The summed E-state index contributed by atoms with van der Waals surface area (Å²) in [5.41, 5.74) is 3.17. The van der Waals surface area contributed by atoms with Crippen molar-refractivity contribution in [3.63, 3.8) is 0 Å². The molecule has 136 valence electrons. The molecule has 7 nitrogen and oxygen atoms in total. The van der Waals surface area contributed by atoms with Crippen molar-refractivity contribution in [1.82, 2.24) is 14.5 Å². The van der Waals surface area contributed by atoms with Gasteiger partial charge in [0.2, 0.25) is 0 Å². The Morgan fingerprint density at radius 2 is 2.12 bits per heavy atom. The third-order valence-corrected chi connectivity index (χ3v) is 4.71. The SMILES string of the molecule is OCC1OC(n2cnc3c(NCc4ccccc4)cc(Cl)nc32)C[C@@H]1O. The van der Waals surface area contributed by atoms with Gasteiger partial charge in [0.15, 0.2) is 5.65 Å². The van der Waals surface area contributed by atoms with Crippen LogP contribution < -0.4 is 5.32 Å². The van der Waals surface area contributed by atoms with Crippen molar-refractivity contribution in [2.24, 2.45) is 0 Å². The molecule has 0 amide bonds. The number of fused-ring (bicyclic) bond motifs is 1. The first kappa shape index (κ1) is 17.2. The van der Waals surface area contributed by atoms with Crippen LogP contribution in [0.25, 0.3) is 11.2 Å². The van der Waals surface area contributed by atoms with Crippen molar-refractivity contribution < 1.29 is 14.9 Å². The van der Waals surface area contributed by atoms with Crippen LogP contribution in [-0.2, 0) is 11.3 Å². The van der Waals surface area contributed by atoms with Crippen molar-refractivity contribution in [3.8, 4) is 0 Å². The van der Waals surface area contributed by atoms with Crippen molar-refractivity contribution >= 4 is 28.5 Å². The Hall–Kier alpha value is -2.19. The van der Waals surface area contributed by atoms with Gasteiger partial charge < -0.3 is 20.3 Å². The molecule has 3 aromatic rings. The lowest BCUT2D eigenvalue weighted by molar-refractivity contribution is -0.0432. The van der Waals surface area contributed by atoms with Gasteiger partial charge in [0.1, 0.15) is 23.0 Å². The number of nitrogens with one attached hydrogen (secondary N) is 1. The van der Waals surface area contributed by atoms with E-state index in [-0.39, 0.29) is 6.61 Å². The smallest absolute Gasteiger partial charge is 0.165 e. The second-order valence-electron chi connectivity index (χ2n) is 6.27. The lowest BCUT2D eigenvalue weighted by Gasteiger charge is -2.14. The number of ether oxygens (including phenoxy) is 1. The maximum Gasteiger partial charge on any atom is 0.165 e. The fourth-order valence-electron chi connectivity index (χ4n) is 3.17. The second-order valence-corrected chi connectivity index (χ2v) is 6.66. The summed E-state index contributed by atoms with van der Waals surface area (Å²) in [6, 6.07) is 11.8. The lowest BCUT2D eigenvalue weighted by atomic mass is 10.2. The van der Waals surface area contributed by atoms with Crippen LogP contribution in [0.1, 0.15) is 18.2 Å². The monoisotopic (exact) mass is 374 g/mol. The van der Waals surface area contributed by atoms with Crippen molar-refractivity contribution in [3.05, 3.63) is 53.4 Å². The van der Waals surface area contributed by atoms with Crippen LogP contribution in [0.3, 0.4) is 0 Å². The summed E-state index contributed by atoms with van der Waals surface area (Å²) in [5.74, 6) is 0. The van der Waals surface area contributed by atoms with E-state index in [0.29, 0.717) is 29.3 Å². The highest BCUT2D eigenvalue weighted by atomic mass is 35.5. The highest BCUT2D eigenvalue weighted by Crippen LogP contribution is 2.33. The molecule has 3 heterocycles. The molecule has 2 unspecified atom stereocenters. The minimum absolute atomic E-state index is 0.234. The number of hydrogen-bond donors (Lipinski definition) is 3. The molecule has 3 N–H and O–H groups in total. The summed E-state index contributed by atoms with van der Waals surface area (Å²) in [4.78, 5) is 8.82. The lowest BCUT2D eigenvalue weighted by Crippen LogP contribution is -2.24. The van der Waals surface area contributed by atoms with Crippen LogP contribution in [0.4, 0.5) is 5.69 Å². The van der Waals surface area contributed by atoms with Gasteiger partial charge >= 0.3 is 0 Å². The molecule has 1 saturated heterocycles. The molecule has 0 spiro atoms. The van der Waals surface area contributed by atoms with Crippen LogP contribution in [0, 0.1) is 0 Å². The van der Waals surface area contributed by atoms with Crippen molar-refractivity contribution in [2.45, 2.75) is 31.4 Å². The standard InChI is InChI=1S/C18H19ClN4O3/c19-15-6-12(20-8-11-4-2-1-3-5-11)17-18(22-15)23(10-21-17)16-7-13(25)14(9-24)26-16/h1-6,10,13-14,16,24-25H,7-9H2,(H,20,22)/t13-,14?,16?/m0/s1. The first-order valence-corrected chi connectivity index (χ1v) is 8.79. The van der Waals surface area contributed by atoms with Gasteiger partial charge in [-0.05, 0) is 5.56 Å². The summed E-state index contributed by atoms with van der Waals surface area (Å²) in [5, 5.41) is 22.9. The Kier molecular flexibility index (Phi) is 4.78. The Bertz CT molecular complexity index is 902. The number of hydrogen-bond acceptors (Lipinski definition) is 6. The minimum Gasteiger partial charge on any atom is -0.394 e. The topological polar surface area (TPSA) is 92.4 Å². The minimum atomic E-state index is -0.725. The number of halogens is 1. The van der Waals surface area contributed by atoms with E-state index < -0.39 is 18.4 Å². The first-order chi connectivity index (χ1) is 12.7. The predicted molar refractivity (Wildman–Crippen MR) is 97.9 cm³/mol. The van der Waals surface area contributed by atoms with Gasteiger partial charge in [-0.2, -0.15) is 0 Å². The van der Waals surface area contributed by atoms with E-state index in [1.54, 1.807) is 17.0 Å². The molecule has 4 rings (SSSR count). The predicted octanol–water partition coefficient (Wildman–Crippen LogP) is 2.34. The summed E-state index contributed by atoms with van der Waals surface area (Å²) in [6.07, 6.45) is 0.209. The fourth-order valence-corrected chi connectivity index (χ4v) is 3.35. The molecule has 0 saturated carbocycles. The quantitative estimate of drug-likeness (QED) is 0.594. The summed E-state index contributed by atoms with van der Waals surface area (Å²) in [7, 11) is 0. The van der Waals surface area contributed by atoms with Crippen LogP contribution in [0.5, 0.6) is 0 Å². The third-order valence-electron chi connectivity index (χ3n) is 4.52. The van der Waals surface area contributed by atoms with Crippen LogP contribution in [0.2, 0.25) is 5.15 Å². The number of benzene rings is 1. The molecular formula is C18H19ClN4O3. The van der Waals surface area contributed by atoms with Gasteiger partial charge in [-0.3, -0.25) is 4.57 Å². The zero-order chi connectivity index (χ0) is 18.1. The van der Waals surface area contributed by atoms with E-state index >= 15 is 0 Å². The molecule has 0 radical (unpaired) electrons. The van der Waals surface area contributed by atoms with E-state index in [1.165, 1.54) is 0 Å². The number of aromatic nitrogens is 3. The molecule has 26 heavy (non-hydrogen) atoms. The van der Waals surface area contributed by atoms with Crippen LogP contribution in [-0.4, -0.2) is 43.6 Å². The Labute approximate surface area is 155 Å². The summed E-state index contributed by atoms with van der Waals surface area (Å²) < 4.78 is 7.45. The zero-order valence-electron chi connectivity index (χ0n) is 13.9. The Morgan fingerprint density at radius 3 is 2.85 bits per heavy atom. The molecule has 0 bridgehead atoms. The number of rotatable bonds is 5. The number of aliphatic hydroxyl groups excluding tert-OH is 2. The van der Waals surface area contributed by atoms with E-state index in [4.69, 9.17) is 16.3 Å². The number of aliphatic hydroxyl groups is 2. The molecule has 0 aliphatic carbocycles. The van der Waals surface area contributed by atoms with Gasteiger partial charge in [-0.15, -0.1) is 0 Å². The first-order valence-electron chi connectivity index (χ1n) is 8.41. The molecule has 2 aromatic heterocycles. The van der Waals surface area contributed by atoms with Gasteiger partial charge in [0.25, 0.3) is 0 Å². The van der Waals surface area contributed by atoms with E-state index in [9.17, 15) is 10.2 Å². The summed E-state index contributed by atoms with van der Waals surface area (Å²) in [6.45, 7) is 0.400. The summed E-state index contributed by atoms with van der Waals surface area (Å²) >= 11 is 6.20. The Balaban J connectivity index is 1.63. The molecule has 1 fully saturated rings. The fraction of sp³-hybridized carbons (Fsp3) is 0.333. The molecule has 1 aliphatic rings. The molecule has 1 aliphatic heterocycles. The number of pyridine rings is 1. The molecule has 8 heteroatoms. The average molecular weight is 375 g/mol. The largest absolute Gasteiger partial charge is 0.394 e. The normalized spacial score (nSPS) is 22.8. The number of imidazole rings is 1. The maximum atomic E-state index is 9.97. The molecule has 3 atom stereocenters. The maximum absolute atomic E-state index is 9.97. The average Bonchev–Trinajstić information content (AvgIpc) is 3.23. The number of anilines is 1.